The minimum Gasteiger partial charge on any atom is -0.295 e. The Labute approximate surface area is 90.9 Å². The molecule has 0 heterocycles. The molecule has 0 amide bonds. The van der Waals surface area contributed by atoms with E-state index in [4.69, 9.17) is 6.42 Å². The molecule has 0 aliphatic carbocycles. The van der Waals surface area contributed by atoms with Crippen LogP contribution < -0.4 is 0 Å². The summed E-state index contributed by atoms with van der Waals surface area (Å²) in [6.45, 7) is 1.61. The van der Waals surface area contributed by atoms with Gasteiger partial charge in [0.05, 0.1) is 6.54 Å². The molecule has 0 radical (unpaired) electrons. The second-order valence-electron chi connectivity index (χ2n) is 3.68. The first kappa shape index (κ1) is 11.7. The highest BCUT2D eigenvalue weighted by Crippen LogP contribution is 2.06. The molecular formula is C13H16FN. The van der Waals surface area contributed by atoms with Gasteiger partial charge < -0.3 is 0 Å². The van der Waals surface area contributed by atoms with Crippen molar-refractivity contribution in [3.8, 4) is 12.3 Å². The van der Waals surface area contributed by atoms with Gasteiger partial charge in [0.1, 0.15) is 5.82 Å². The van der Waals surface area contributed by atoms with Gasteiger partial charge in [-0.25, -0.2) is 4.39 Å². The Morgan fingerprint density at radius 2 is 2.27 bits per heavy atom. The average Bonchev–Trinajstić information content (AvgIpc) is 2.18. The quantitative estimate of drug-likeness (QED) is 0.667. The zero-order valence-electron chi connectivity index (χ0n) is 9.04. The maximum absolute atomic E-state index is 12.8. The molecule has 0 aliphatic rings. The number of terminal acetylenes is 1. The topological polar surface area (TPSA) is 3.24 Å². The summed E-state index contributed by atoms with van der Waals surface area (Å²) in [5.41, 5.74) is 1.05. The molecule has 0 fully saturated rings. The molecule has 0 bridgehead atoms. The molecule has 1 rings (SSSR count). The second-order valence-corrected chi connectivity index (χ2v) is 3.68. The fourth-order valence-corrected chi connectivity index (χ4v) is 1.48. The summed E-state index contributed by atoms with van der Waals surface area (Å²) in [6, 6.07) is 6.75. The highest BCUT2D eigenvalue weighted by Gasteiger charge is 1.98. The normalized spacial score (nSPS) is 10.3. The zero-order chi connectivity index (χ0) is 11.1. The van der Waals surface area contributed by atoms with Crippen LogP contribution in [-0.2, 0) is 6.42 Å². The van der Waals surface area contributed by atoms with E-state index in [1.165, 1.54) is 6.07 Å². The Balaban J connectivity index is 2.29. The second kappa shape index (κ2) is 6.21. The van der Waals surface area contributed by atoms with Gasteiger partial charge in [-0.1, -0.05) is 18.1 Å². The number of nitrogens with zero attached hydrogens (tertiary/aromatic N) is 1. The van der Waals surface area contributed by atoms with Crippen LogP contribution in [0.15, 0.2) is 24.3 Å². The number of rotatable bonds is 5. The van der Waals surface area contributed by atoms with Crippen LogP contribution in [0.1, 0.15) is 12.0 Å². The van der Waals surface area contributed by atoms with E-state index in [2.05, 4.69) is 10.8 Å². The molecule has 0 aliphatic heterocycles. The molecule has 80 valence electrons. The highest BCUT2D eigenvalue weighted by atomic mass is 19.1. The van der Waals surface area contributed by atoms with Gasteiger partial charge in [0, 0.05) is 0 Å². The van der Waals surface area contributed by atoms with E-state index in [1.807, 2.05) is 13.1 Å². The van der Waals surface area contributed by atoms with E-state index < -0.39 is 0 Å². The van der Waals surface area contributed by atoms with Crippen molar-refractivity contribution in [2.75, 3.05) is 20.1 Å². The van der Waals surface area contributed by atoms with Gasteiger partial charge in [-0.05, 0) is 44.1 Å². The molecule has 0 aromatic heterocycles. The third kappa shape index (κ3) is 4.62. The van der Waals surface area contributed by atoms with Crippen LogP contribution >= 0.6 is 0 Å². The molecule has 0 saturated carbocycles. The lowest BCUT2D eigenvalue weighted by molar-refractivity contribution is 0.369. The number of halogens is 1. The lowest BCUT2D eigenvalue weighted by Crippen LogP contribution is -2.20. The van der Waals surface area contributed by atoms with Crippen molar-refractivity contribution in [1.82, 2.24) is 4.90 Å². The molecule has 0 atom stereocenters. The number of benzene rings is 1. The molecule has 1 aromatic carbocycles. The van der Waals surface area contributed by atoms with Gasteiger partial charge >= 0.3 is 0 Å². The molecule has 0 saturated heterocycles. The van der Waals surface area contributed by atoms with Gasteiger partial charge in [0.15, 0.2) is 0 Å². The first-order valence-electron chi connectivity index (χ1n) is 5.09. The van der Waals surface area contributed by atoms with Gasteiger partial charge in [-0.3, -0.25) is 4.90 Å². The molecule has 1 aromatic rings. The smallest absolute Gasteiger partial charge is 0.123 e. The highest BCUT2D eigenvalue weighted by molar-refractivity contribution is 5.16. The molecule has 0 spiro atoms. The van der Waals surface area contributed by atoms with Crippen molar-refractivity contribution in [2.45, 2.75) is 12.8 Å². The monoisotopic (exact) mass is 205 g/mol. The van der Waals surface area contributed by atoms with Crippen LogP contribution in [0.25, 0.3) is 0 Å². The molecule has 0 unspecified atom stereocenters. The van der Waals surface area contributed by atoms with E-state index >= 15 is 0 Å². The third-order valence-electron chi connectivity index (χ3n) is 2.26. The molecular weight excluding hydrogens is 189 g/mol. The third-order valence-corrected chi connectivity index (χ3v) is 2.26. The molecule has 1 nitrogen and oxygen atoms in total. The standard InChI is InChI=1S/C13H16FN/c1-3-9-15(2)10-5-7-12-6-4-8-13(14)11-12/h1,4,6,8,11H,5,7,9-10H2,2H3. The maximum Gasteiger partial charge on any atom is 0.123 e. The maximum atomic E-state index is 12.8. The summed E-state index contributed by atoms with van der Waals surface area (Å²) in [5, 5.41) is 0. The number of aryl methyl sites for hydroxylation is 1. The van der Waals surface area contributed by atoms with Crippen molar-refractivity contribution in [3.05, 3.63) is 35.6 Å². The summed E-state index contributed by atoms with van der Waals surface area (Å²) < 4.78 is 12.8. The summed E-state index contributed by atoms with van der Waals surface area (Å²) in [4.78, 5) is 2.08. The van der Waals surface area contributed by atoms with E-state index in [0.717, 1.165) is 24.9 Å². The largest absolute Gasteiger partial charge is 0.295 e. The zero-order valence-corrected chi connectivity index (χ0v) is 9.04. The Hall–Kier alpha value is -1.33. The summed E-state index contributed by atoms with van der Waals surface area (Å²) >= 11 is 0. The van der Waals surface area contributed by atoms with Gasteiger partial charge in [-0.2, -0.15) is 0 Å². The summed E-state index contributed by atoms with van der Waals surface area (Å²) in [7, 11) is 1.99. The van der Waals surface area contributed by atoms with E-state index in [1.54, 1.807) is 12.1 Å². The van der Waals surface area contributed by atoms with Crippen molar-refractivity contribution in [2.24, 2.45) is 0 Å². The van der Waals surface area contributed by atoms with Crippen LogP contribution in [0.2, 0.25) is 0 Å². The minimum atomic E-state index is -0.163. The first-order valence-corrected chi connectivity index (χ1v) is 5.09. The predicted molar refractivity (Wildman–Crippen MR) is 61.1 cm³/mol. The average molecular weight is 205 g/mol. The Bertz CT molecular complexity index is 341. The first-order chi connectivity index (χ1) is 7.22. The summed E-state index contributed by atoms with van der Waals surface area (Å²) in [5.74, 6) is 2.43. The lowest BCUT2D eigenvalue weighted by Gasteiger charge is -2.12. The van der Waals surface area contributed by atoms with Crippen LogP contribution in [-0.4, -0.2) is 25.0 Å². The van der Waals surface area contributed by atoms with Crippen molar-refractivity contribution in [3.63, 3.8) is 0 Å². The van der Waals surface area contributed by atoms with E-state index in [-0.39, 0.29) is 5.82 Å². The van der Waals surface area contributed by atoms with Crippen LogP contribution in [0.3, 0.4) is 0 Å². The van der Waals surface area contributed by atoms with E-state index in [9.17, 15) is 4.39 Å². The SMILES string of the molecule is C#CCN(C)CCCc1cccc(F)c1. The van der Waals surface area contributed by atoms with Crippen LogP contribution in [0.5, 0.6) is 0 Å². The van der Waals surface area contributed by atoms with Crippen LogP contribution in [0, 0.1) is 18.2 Å². The molecule has 15 heavy (non-hydrogen) atoms. The minimum absolute atomic E-state index is 0.163. The fraction of sp³-hybridized carbons (Fsp3) is 0.385. The molecule has 0 N–H and O–H groups in total. The Kier molecular flexibility index (Phi) is 4.86. The predicted octanol–water partition coefficient (Wildman–Crippen LogP) is 2.32. The van der Waals surface area contributed by atoms with Crippen molar-refractivity contribution < 1.29 is 4.39 Å². The van der Waals surface area contributed by atoms with E-state index in [0.29, 0.717) is 6.54 Å². The van der Waals surface area contributed by atoms with Crippen molar-refractivity contribution in [1.29, 1.82) is 0 Å². The Morgan fingerprint density at radius 3 is 2.93 bits per heavy atom. The molecule has 2 heteroatoms. The number of hydrogen-bond acceptors (Lipinski definition) is 1. The van der Waals surface area contributed by atoms with Gasteiger partial charge in [0.2, 0.25) is 0 Å². The fourth-order valence-electron chi connectivity index (χ4n) is 1.48. The number of hydrogen-bond donors (Lipinski definition) is 0. The van der Waals surface area contributed by atoms with Crippen molar-refractivity contribution >= 4 is 0 Å². The van der Waals surface area contributed by atoms with Gasteiger partial charge in [-0.15, -0.1) is 6.42 Å². The lowest BCUT2D eigenvalue weighted by atomic mass is 10.1. The summed E-state index contributed by atoms with van der Waals surface area (Å²) in [6.07, 6.45) is 7.09. The van der Waals surface area contributed by atoms with Gasteiger partial charge in [0.25, 0.3) is 0 Å². The van der Waals surface area contributed by atoms with Crippen LogP contribution in [0.4, 0.5) is 4.39 Å². The Morgan fingerprint density at radius 1 is 1.47 bits per heavy atom.